The Morgan fingerprint density at radius 2 is 1.61 bits per heavy atom. The summed E-state index contributed by atoms with van der Waals surface area (Å²) in [4.78, 5) is 33.8. The number of hydrogen-bond acceptors (Lipinski definition) is 5. The van der Waals surface area contributed by atoms with Gasteiger partial charge in [0.15, 0.2) is 9.84 Å². The normalized spacial score (nSPS) is 24.5. The summed E-state index contributed by atoms with van der Waals surface area (Å²) in [5.41, 5.74) is -3.92. The van der Waals surface area contributed by atoms with E-state index in [2.05, 4.69) is 4.98 Å². The van der Waals surface area contributed by atoms with E-state index < -0.39 is 61.6 Å². The largest absolute Gasteiger partial charge is 0.426 e. The van der Waals surface area contributed by atoms with E-state index >= 15 is 0 Å². The number of halogens is 6. The second-order valence-corrected chi connectivity index (χ2v) is 14.3. The van der Waals surface area contributed by atoms with E-state index in [1.165, 1.54) is 34.1 Å². The van der Waals surface area contributed by atoms with Crippen molar-refractivity contribution in [3.8, 4) is 0 Å². The van der Waals surface area contributed by atoms with Crippen LogP contribution in [0.5, 0.6) is 0 Å². The minimum absolute atomic E-state index is 0.00204. The molecule has 1 aliphatic carbocycles. The van der Waals surface area contributed by atoms with Crippen LogP contribution in [-0.2, 0) is 42.8 Å². The number of hydrogen-bond donors (Lipinski definition) is 0. The fraction of sp³-hybridized carbons (Fsp3) is 0.406. The second kappa shape index (κ2) is 11.1. The summed E-state index contributed by atoms with van der Waals surface area (Å²) >= 11 is 0. The zero-order valence-corrected chi connectivity index (χ0v) is 25.3. The number of alkyl halides is 4. The van der Waals surface area contributed by atoms with Crippen LogP contribution in [0.25, 0.3) is 0 Å². The Morgan fingerprint density at radius 1 is 0.978 bits per heavy atom. The van der Waals surface area contributed by atoms with Gasteiger partial charge >= 0.3 is 6.18 Å². The SMILES string of the molecule is CC(F)(c1cnc2c(c1)CCC1N(C(=O)[C@@H]3CCC(=O)N3Cc3ccc(F)cc3)CCC21S(=O)(=O)c1ccc(F)cc1)C(F)(F)F. The third-order valence-electron chi connectivity index (χ3n) is 9.53. The molecule has 2 aromatic carbocycles. The van der Waals surface area contributed by atoms with Crippen molar-refractivity contribution in [2.75, 3.05) is 6.54 Å². The van der Waals surface area contributed by atoms with Crippen LogP contribution in [0.4, 0.5) is 26.3 Å². The van der Waals surface area contributed by atoms with E-state index in [0.29, 0.717) is 18.7 Å². The predicted octanol–water partition coefficient (Wildman–Crippen LogP) is 5.51. The van der Waals surface area contributed by atoms with Gasteiger partial charge in [-0.25, -0.2) is 21.6 Å². The fourth-order valence-electron chi connectivity index (χ4n) is 7.02. The van der Waals surface area contributed by atoms with Crippen molar-refractivity contribution < 1.29 is 44.3 Å². The van der Waals surface area contributed by atoms with Gasteiger partial charge in [0.1, 0.15) is 22.4 Å². The van der Waals surface area contributed by atoms with Gasteiger partial charge in [0.2, 0.25) is 17.5 Å². The molecule has 0 bridgehead atoms. The number of rotatable bonds is 6. The van der Waals surface area contributed by atoms with Crippen LogP contribution in [0.3, 0.4) is 0 Å². The smallest absolute Gasteiger partial charge is 0.336 e. The Bertz CT molecular complexity index is 1800. The van der Waals surface area contributed by atoms with Crippen LogP contribution in [-0.4, -0.2) is 59.8 Å². The molecule has 0 radical (unpaired) electrons. The Morgan fingerprint density at radius 3 is 2.24 bits per heavy atom. The van der Waals surface area contributed by atoms with Crippen molar-refractivity contribution >= 4 is 21.7 Å². The summed E-state index contributed by atoms with van der Waals surface area (Å²) in [7, 11) is -4.49. The number of fused-ring (bicyclic) bond motifs is 3. The summed E-state index contributed by atoms with van der Waals surface area (Å²) in [6, 6.07) is 8.56. The lowest BCUT2D eigenvalue weighted by molar-refractivity contribution is -0.228. The standard InChI is InChI=1S/C32H29F6N3O4S/c1-30(35,32(36,37)38)21-16-20-4-12-26-31(28(20)39-17-21,46(44,45)24-9-7-23(34)8-10-24)14-15-40(26)29(43)25-11-13-27(42)41(25)18-19-2-5-22(33)6-3-19/h2-3,5-10,16-17,25-26H,4,11-15,18H2,1H3/t25-,26?,30?,31?/m0/s1. The molecule has 6 rings (SSSR count). The quantitative estimate of drug-likeness (QED) is 0.256. The molecule has 0 spiro atoms. The van der Waals surface area contributed by atoms with Crippen LogP contribution in [0, 0.1) is 11.6 Å². The predicted molar refractivity (Wildman–Crippen MR) is 152 cm³/mol. The number of likely N-dealkylation sites (tertiary alicyclic amines) is 2. The fourth-order valence-corrected chi connectivity index (χ4v) is 9.33. The molecule has 3 aliphatic rings. The molecule has 14 heteroatoms. The van der Waals surface area contributed by atoms with Crippen molar-refractivity contribution in [3.05, 3.63) is 94.8 Å². The van der Waals surface area contributed by atoms with Gasteiger partial charge in [-0.2, -0.15) is 13.2 Å². The first-order valence-corrected chi connectivity index (χ1v) is 16.2. The van der Waals surface area contributed by atoms with Crippen LogP contribution < -0.4 is 0 Å². The van der Waals surface area contributed by atoms with Gasteiger partial charge in [-0.15, -0.1) is 0 Å². The first kappa shape index (κ1) is 32.0. The summed E-state index contributed by atoms with van der Waals surface area (Å²) in [5, 5.41) is 0. The minimum Gasteiger partial charge on any atom is -0.336 e. The van der Waals surface area contributed by atoms with Crippen molar-refractivity contribution in [1.29, 1.82) is 0 Å². The van der Waals surface area contributed by atoms with E-state index in [9.17, 15) is 44.3 Å². The number of aromatic nitrogens is 1. The van der Waals surface area contributed by atoms with Gasteiger partial charge in [-0.05, 0) is 86.2 Å². The van der Waals surface area contributed by atoms with Crippen molar-refractivity contribution in [2.24, 2.45) is 0 Å². The number of aryl methyl sites for hydroxylation is 1. The van der Waals surface area contributed by atoms with E-state index in [1.807, 2.05) is 0 Å². The molecule has 0 N–H and O–H groups in total. The van der Waals surface area contributed by atoms with E-state index in [0.717, 1.165) is 30.3 Å². The van der Waals surface area contributed by atoms with Crippen LogP contribution in [0.15, 0.2) is 65.7 Å². The third-order valence-corrected chi connectivity index (χ3v) is 12.1. The molecule has 3 aromatic rings. The molecule has 3 heterocycles. The molecule has 3 unspecified atom stereocenters. The molecule has 1 aromatic heterocycles. The highest BCUT2D eigenvalue weighted by Gasteiger charge is 2.63. The Hall–Kier alpha value is -3.94. The summed E-state index contributed by atoms with van der Waals surface area (Å²) in [5.74, 6) is -1.95. The van der Waals surface area contributed by atoms with Crippen LogP contribution >= 0.6 is 0 Å². The molecule has 2 amide bonds. The molecule has 7 nitrogen and oxygen atoms in total. The maximum Gasteiger partial charge on any atom is 0.426 e. The van der Waals surface area contributed by atoms with Crippen LogP contribution in [0.1, 0.15) is 55.0 Å². The maximum absolute atomic E-state index is 15.0. The first-order chi connectivity index (χ1) is 21.6. The number of amides is 2. The van der Waals surface area contributed by atoms with Crippen molar-refractivity contribution in [2.45, 2.75) is 79.1 Å². The average Bonchev–Trinajstić information content (AvgIpc) is 3.59. The van der Waals surface area contributed by atoms with Gasteiger partial charge in [-0.1, -0.05) is 12.1 Å². The molecule has 2 aliphatic heterocycles. The summed E-state index contributed by atoms with van der Waals surface area (Å²) in [6.45, 7) is 0.316. The van der Waals surface area contributed by atoms with E-state index in [-0.39, 0.29) is 67.3 Å². The van der Waals surface area contributed by atoms with Gasteiger partial charge in [0.05, 0.1) is 16.6 Å². The number of benzene rings is 2. The Labute approximate surface area is 261 Å². The highest BCUT2D eigenvalue weighted by atomic mass is 32.2. The molecule has 46 heavy (non-hydrogen) atoms. The number of nitrogens with zero attached hydrogens (tertiary/aromatic N) is 3. The second-order valence-electron chi connectivity index (χ2n) is 12.1. The molecular formula is C32H29F6N3O4S. The monoisotopic (exact) mass is 665 g/mol. The van der Waals surface area contributed by atoms with E-state index in [4.69, 9.17) is 0 Å². The molecular weight excluding hydrogens is 636 g/mol. The first-order valence-electron chi connectivity index (χ1n) is 14.7. The molecule has 0 saturated carbocycles. The third kappa shape index (κ3) is 4.96. The molecule has 4 atom stereocenters. The van der Waals surface area contributed by atoms with Crippen molar-refractivity contribution in [1.82, 2.24) is 14.8 Å². The lowest BCUT2D eigenvalue weighted by atomic mass is 9.80. The molecule has 2 fully saturated rings. The van der Waals surface area contributed by atoms with Gasteiger partial charge in [0.25, 0.3) is 0 Å². The molecule has 2 saturated heterocycles. The highest BCUT2D eigenvalue weighted by molar-refractivity contribution is 7.92. The number of pyridine rings is 1. The minimum atomic E-state index is -5.26. The van der Waals surface area contributed by atoms with Gasteiger partial charge < -0.3 is 9.80 Å². The van der Waals surface area contributed by atoms with E-state index in [1.54, 1.807) is 0 Å². The highest BCUT2D eigenvalue weighted by Crippen LogP contribution is 2.53. The Kier molecular flexibility index (Phi) is 7.72. The van der Waals surface area contributed by atoms with Gasteiger partial charge in [-0.3, -0.25) is 14.6 Å². The average molecular weight is 666 g/mol. The van der Waals surface area contributed by atoms with Crippen LogP contribution in [0.2, 0.25) is 0 Å². The molecule has 244 valence electrons. The lowest BCUT2D eigenvalue weighted by Crippen LogP contribution is -2.55. The number of sulfone groups is 1. The van der Waals surface area contributed by atoms with Crippen molar-refractivity contribution in [3.63, 3.8) is 0 Å². The summed E-state index contributed by atoms with van der Waals surface area (Å²) in [6.07, 6.45) is -4.52. The Balaban J connectivity index is 1.42. The zero-order valence-electron chi connectivity index (χ0n) is 24.5. The maximum atomic E-state index is 15.0. The zero-order chi connectivity index (χ0) is 33.2. The van der Waals surface area contributed by atoms with Gasteiger partial charge in [0, 0.05) is 31.3 Å². The lowest BCUT2D eigenvalue weighted by Gasteiger charge is -2.42. The summed E-state index contributed by atoms with van der Waals surface area (Å²) < 4.78 is 110. The number of carbonyl (C=O) groups is 2. The topological polar surface area (TPSA) is 87.7 Å². The number of carbonyl (C=O) groups excluding carboxylic acids is 2.